The smallest absolute Gasteiger partial charge is 0.415 e. The van der Waals surface area contributed by atoms with Crippen molar-refractivity contribution in [2.45, 2.75) is 11.8 Å². The van der Waals surface area contributed by atoms with Crippen LogP contribution in [0.25, 0.3) is 0 Å². The van der Waals surface area contributed by atoms with E-state index in [0.717, 1.165) is 5.56 Å². The Labute approximate surface area is 155 Å². The zero-order valence-electron chi connectivity index (χ0n) is 14.3. The van der Waals surface area contributed by atoms with Crippen molar-refractivity contribution in [1.82, 2.24) is 0 Å². The Morgan fingerprint density at radius 3 is 1.69 bits per heavy atom. The average Bonchev–Trinajstić information content (AvgIpc) is 2.63. The molecule has 3 aromatic rings. The van der Waals surface area contributed by atoms with Gasteiger partial charge >= 0.3 is 7.60 Å². The van der Waals surface area contributed by atoms with Gasteiger partial charge in [-0.3, -0.25) is 4.21 Å². The van der Waals surface area contributed by atoms with Gasteiger partial charge in [0.15, 0.2) is 5.49 Å². The summed E-state index contributed by atoms with van der Waals surface area (Å²) < 4.78 is 37.4. The van der Waals surface area contributed by atoms with Crippen molar-refractivity contribution in [2.75, 3.05) is 5.49 Å². The summed E-state index contributed by atoms with van der Waals surface area (Å²) in [6.07, 6.45) is 0. The summed E-state index contributed by atoms with van der Waals surface area (Å²) in [5, 5.41) is 0. The van der Waals surface area contributed by atoms with Crippen molar-refractivity contribution in [3.63, 3.8) is 0 Å². The second-order valence-electron chi connectivity index (χ2n) is 5.71. The normalized spacial score (nSPS) is 12.3. The van der Waals surface area contributed by atoms with Crippen LogP contribution in [0.4, 0.5) is 0 Å². The van der Waals surface area contributed by atoms with Crippen molar-refractivity contribution in [3.8, 4) is 11.5 Å². The largest absolute Gasteiger partial charge is 0.443 e. The lowest BCUT2D eigenvalue weighted by Gasteiger charge is -2.20. The lowest BCUT2D eigenvalue weighted by atomic mass is 10.2. The third kappa shape index (κ3) is 5.07. The summed E-state index contributed by atoms with van der Waals surface area (Å²) in [5.41, 5.74) is 0.829. The molecule has 1 unspecified atom stereocenters. The third-order valence-corrected chi connectivity index (χ3v) is 7.51. The lowest BCUT2D eigenvalue weighted by molar-refractivity contribution is 0.391. The molecular weight excluding hydrogens is 367 g/mol. The quantitative estimate of drug-likeness (QED) is 0.510. The van der Waals surface area contributed by atoms with Gasteiger partial charge in [0.1, 0.15) is 11.5 Å². The van der Waals surface area contributed by atoms with Gasteiger partial charge in [0.05, 0.1) is 10.8 Å². The van der Waals surface area contributed by atoms with Gasteiger partial charge in [-0.25, -0.2) is 4.57 Å². The molecule has 0 aromatic heterocycles. The summed E-state index contributed by atoms with van der Waals surface area (Å²) in [5.74, 6) is 0.820. The number of aryl methyl sites for hydroxylation is 1. The first-order chi connectivity index (χ1) is 12.5. The van der Waals surface area contributed by atoms with E-state index in [1.807, 2.05) is 31.2 Å². The molecule has 0 aliphatic carbocycles. The molecule has 0 bridgehead atoms. The second kappa shape index (κ2) is 8.35. The van der Waals surface area contributed by atoms with Gasteiger partial charge < -0.3 is 9.05 Å². The monoisotopic (exact) mass is 386 g/mol. The van der Waals surface area contributed by atoms with Crippen LogP contribution in [0.2, 0.25) is 0 Å². The first kappa shape index (κ1) is 18.4. The van der Waals surface area contributed by atoms with Crippen molar-refractivity contribution < 1.29 is 17.8 Å². The molecule has 0 radical (unpaired) electrons. The first-order valence-corrected chi connectivity index (χ1v) is 11.1. The summed E-state index contributed by atoms with van der Waals surface area (Å²) in [4.78, 5) is 0.587. The van der Waals surface area contributed by atoms with E-state index in [1.165, 1.54) is 0 Å². The van der Waals surface area contributed by atoms with E-state index in [0.29, 0.717) is 16.4 Å². The zero-order chi connectivity index (χ0) is 18.4. The Morgan fingerprint density at radius 2 is 1.23 bits per heavy atom. The molecule has 0 fully saturated rings. The van der Waals surface area contributed by atoms with E-state index in [4.69, 9.17) is 9.05 Å². The Hall–Kier alpha value is -2.36. The van der Waals surface area contributed by atoms with E-state index in [9.17, 15) is 8.77 Å². The lowest BCUT2D eigenvalue weighted by Crippen LogP contribution is -2.09. The molecule has 6 heteroatoms. The van der Waals surface area contributed by atoms with Crippen LogP contribution in [-0.2, 0) is 15.4 Å². The highest BCUT2D eigenvalue weighted by Gasteiger charge is 2.32. The molecule has 0 aliphatic rings. The SMILES string of the molecule is Cc1ccc(S(=O)CP(=O)(Oc2ccccc2)Oc2ccccc2)cc1. The van der Waals surface area contributed by atoms with Crippen LogP contribution in [0.15, 0.2) is 89.8 Å². The minimum atomic E-state index is -3.70. The molecule has 0 amide bonds. The molecule has 0 N–H and O–H groups in total. The van der Waals surface area contributed by atoms with Crippen LogP contribution in [0.1, 0.15) is 5.56 Å². The molecule has 0 saturated carbocycles. The fourth-order valence-corrected chi connectivity index (χ4v) is 5.79. The van der Waals surface area contributed by atoms with Gasteiger partial charge in [0.2, 0.25) is 0 Å². The van der Waals surface area contributed by atoms with Gasteiger partial charge in [-0.1, -0.05) is 54.1 Å². The molecule has 3 aromatic carbocycles. The van der Waals surface area contributed by atoms with E-state index in [1.54, 1.807) is 60.7 Å². The van der Waals surface area contributed by atoms with Crippen molar-refractivity contribution in [2.24, 2.45) is 0 Å². The Bertz CT molecular complexity index is 866. The van der Waals surface area contributed by atoms with E-state index >= 15 is 0 Å². The van der Waals surface area contributed by atoms with Crippen molar-refractivity contribution in [3.05, 3.63) is 90.5 Å². The van der Waals surface area contributed by atoms with Gasteiger partial charge in [0, 0.05) is 4.90 Å². The molecule has 0 aliphatic heterocycles. The Balaban J connectivity index is 1.85. The highest BCUT2D eigenvalue weighted by Crippen LogP contribution is 2.49. The number of para-hydroxylation sites is 2. The highest BCUT2D eigenvalue weighted by atomic mass is 32.2. The summed E-state index contributed by atoms with van der Waals surface area (Å²) in [7, 11) is -5.22. The number of benzene rings is 3. The van der Waals surface area contributed by atoms with Crippen LogP contribution >= 0.6 is 7.60 Å². The van der Waals surface area contributed by atoms with Crippen LogP contribution < -0.4 is 9.05 Å². The minimum Gasteiger partial charge on any atom is -0.415 e. The molecule has 26 heavy (non-hydrogen) atoms. The van der Waals surface area contributed by atoms with Crippen molar-refractivity contribution in [1.29, 1.82) is 0 Å². The molecule has 3 rings (SSSR count). The second-order valence-corrected chi connectivity index (χ2v) is 9.49. The molecule has 4 nitrogen and oxygen atoms in total. The average molecular weight is 386 g/mol. The van der Waals surface area contributed by atoms with Crippen LogP contribution in [0.3, 0.4) is 0 Å². The maximum Gasteiger partial charge on any atom is 0.443 e. The van der Waals surface area contributed by atoms with E-state index in [-0.39, 0.29) is 5.49 Å². The molecule has 0 spiro atoms. The number of hydrogen-bond acceptors (Lipinski definition) is 4. The van der Waals surface area contributed by atoms with E-state index in [2.05, 4.69) is 0 Å². The minimum absolute atomic E-state index is 0.236. The first-order valence-electron chi connectivity index (χ1n) is 8.07. The van der Waals surface area contributed by atoms with Crippen LogP contribution in [0, 0.1) is 6.92 Å². The molecule has 134 valence electrons. The summed E-state index contributed by atoms with van der Waals surface area (Å²) in [6.45, 7) is 1.95. The van der Waals surface area contributed by atoms with Gasteiger partial charge in [-0.05, 0) is 43.3 Å². The standard InChI is InChI=1S/C20H19O4PS/c1-17-12-14-20(15-13-17)26(22)16-25(21,23-18-8-4-2-5-9-18)24-19-10-6-3-7-11-19/h2-15H,16H2,1H3. The zero-order valence-corrected chi connectivity index (χ0v) is 16.0. The summed E-state index contributed by atoms with van der Waals surface area (Å²) in [6, 6.07) is 24.8. The van der Waals surface area contributed by atoms with Crippen molar-refractivity contribution >= 4 is 18.4 Å². The molecule has 0 heterocycles. The Morgan fingerprint density at radius 1 is 0.769 bits per heavy atom. The van der Waals surface area contributed by atoms with Gasteiger partial charge in [-0.15, -0.1) is 0 Å². The van der Waals surface area contributed by atoms with Gasteiger partial charge in [0.25, 0.3) is 0 Å². The fourth-order valence-electron chi connectivity index (χ4n) is 2.26. The molecule has 0 saturated heterocycles. The summed E-state index contributed by atoms with van der Waals surface area (Å²) >= 11 is 0. The third-order valence-electron chi connectivity index (χ3n) is 3.53. The predicted octanol–water partition coefficient (Wildman–Crippen LogP) is 5.41. The molecule has 1 atom stereocenters. The fraction of sp³-hybridized carbons (Fsp3) is 0.100. The van der Waals surface area contributed by atoms with Gasteiger partial charge in [-0.2, -0.15) is 0 Å². The maximum absolute atomic E-state index is 13.4. The maximum atomic E-state index is 13.4. The Kier molecular flexibility index (Phi) is 5.92. The van der Waals surface area contributed by atoms with E-state index < -0.39 is 18.4 Å². The van der Waals surface area contributed by atoms with Crippen LogP contribution in [0.5, 0.6) is 11.5 Å². The van der Waals surface area contributed by atoms with Crippen LogP contribution in [-0.4, -0.2) is 9.70 Å². The molecular formula is C20H19O4PS. The number of rotatable bonds is 7. The highest BCUT2D eigenvalue weighted by molar-refractivity contribution is 7.92. The number of hydrogen-bond donors (Lipinski definition) is 0. The predicted molar refractivity (Wildman–Crippen MR) is 104 cm³/mol. The topological polar surface area (TPSA) is 52.6 Å².